The minimum absolute atomic E-state index is 0.111. The summed E-state index contributed by atoms with van der Waals surface area (Å²) in [4.78, 5) is 23.9. The molecule has 190 valence electrons. The van der Waals surface area contributed by atoms with Gasteiger partial charge in [-0.05, 0) is 63.2 Å². The minimum Gasteiger partial charge on any atom is -0.495 e. The van der Waals surface area contributed by atoms with Crippen molar-refractivity contribution in [3.05, 3.63) is 60.0 Å². The zero-order chi connectivity index (χ0) is 25.7. The molecule has 10 heteroatoms. The van der Waals surface area contributed by atoms with Gasteiger partial charge in [0.15, 0.2) is 11.6 Å². The zero-order valence-electron chi connectivity index (χ0n) is 20.6. The van der Waals surface area contributed by atoms with Gasteiger partial charge in [-0.1, -0.05) is 6.07 Å². The van der Waals surface area contributed by atoms with Crippen LogP contribution in [0.15, 0.2) is 48.7 Å². The molecule has 3 aromatic rings. The predicted octanol–water partition coefficient (Wildman–Crippen LogP) is 5.21. The molecule has 0 aliphatic carbocycles. The van der Waals surface area contributed by atoms with Crippen LogP contribution in [0.25, 0.3) is 0 Å². The summed E-state index contributed by atoms with van der Waals surface area (Å²) in [6.45, 7) is 4.37. The van der Waals surface area contributed by atoms with Gasteiger partial charge in [0.25, 0.3) is 0 Å². The SMILES string of the molecule is COc1cc(C)ccc1N(C(=O)O)c1ccnc(Nc2ccc(OCC3CCCN(C)C3)c(F)c2)n1. The maximum absolute atomic E-state index is 14.7. The first-order valence-electron chi connectivity index (χ1n) is 11.7. The molecule has 36 heavy (non-hydrogen) atoms. The summed E-state index contributed by atoms with van der Waals surface area (Å²) >= 11 is 0. The van der Waals surface area contributed by atoms with Crippen molar-refractivity contribution >= 4 is 29.2 Å². The number of halogens is 1. The fourth-order valence-electron chi connectivity index (χ4n) is 4.27. The number of amides is 1. The number of carboxylic acid groups (broad SMARTS) is 1. The Morgan fingerprint density at radius 1 is 1.25 bits per heavy atom. The van der Waals surface area contributed by atoms with Crippen LogP contribution in [0.3, 0.4) is 0 Å². The molecule has 2 N–H and O–H groups in total. The van der Waals surface area contributed by atoms with Crippen LogP contribution in [0.5, 0.6) is 11.5 Å². The summed E-state index contributed by atoms with van der Waals surface area (Å²) in [5, 5.41) is 12.8. The van der Waals surface area contributed by atoms with Crippen LogP contribution < -0.4 is 19.7 Å². The predicted molar refractivity (Wildman–Crippen MR) is 135 cm³/mol. The minimum atomic E-state index is -1.24. The Balaban J connectivity index is 1.49. The molecular formula is C26H30FN5O4. The summed E-state index contributed by atoms with van der Waals surface area (Å²) < 4.78 is 25.8. The van der Waals surface area contributed by atoms with Crippen LogP contribution >= 0.6 is 0 Å². The topological polar surface area (TPSA) is 100 Å². The molecule has 0 saturated carbocycles. The van der Waals surface area contributed by atoms with E-state index in [1.807, 2.05) is 6.92 Å². The normalized spacial score (nSPS) is 15.8. The lowest BCUT2D eigenvalue weighted by atomic mass is 10.00. The van der Waals surface area contributed by atoms with Crippen molar-refractivity contribution < 1.29 is 23.8 Å². The monoisotopic (exact) mass is 495 g/mol. The quantitative estimate of drug-likeness (QED) is 0.439. The highest BCUT2D eigenvalue weighted by Crippen LogP contribution is 2.34. The van der Waals surface area contributed by atoms with Crippen LogP contribution in [0.1, 0.15) is 18.4 Å². The number of methoxy groups -OCH3 is 1. The lowest BCUT2D eigenvalue weighted by Crippen LogP contribution is -2.34. The summed E-state index contributed by atoms with van der Waals surface area (Å²) in [5.74, 6) is 0.677. The van der Waals surface area contributed by atoms with Gasteiger partial charge in [0.1, 0.15) is 11.6 Å². The number of anilines is 4. The van der Waals surface area contributed by atoms with E-state index < -0.39 is 11.9 Å². The van der Waals surface area contributed by atoms with Crippen molar-refractivity contribution in [1.29, 1.82) is 0 Å². The highest BCUT2D eigenvalue weighted by Gasteiger charge is 2.23. The van der Waals surface area contributed by atoms with E-state index in [1.165, 1.54) is 25.4 Å². The van der Waals surface area contributed by atoms with Gasteiger partial charge in [-0.15, -0.1) is 0 Å². The summed E-state index contributed by atoms with van der Waals surface area (Å²) in [7, 11) is 3.55. The molecule has 1 fully saturated rings. The fraction of sp³-hybridized carbons (Fsp3) is 0.346. The van der Waals surface area contributed by atoms with Crippen molar-refractivity contribution in [3.8, 4) is 11.5 Å². The van der Waals surface area contributed by atoms with Crippen LogP contribution in [0.2, 0.25) is 0 Å². The second-order valence-corrected chi connectivity index (χ2v) is 8.88. The van der Waals surface area contributed by atoms with Gasteiger partial charge in [0, 0.05) is 36.5 Å². The number of ether oxygens (including phenoxy) is 2. The van der Waals surface area contributed by atoms with Crippen LogP contribution in [0.4, 0.5) is 32.3 Å². The highest BCUT2D eigenvalue weighted by molar-refractivity contribution is 5.95. The van der Waals surface area contributed by atoms with Crippen molar-refractivity contribution in [2.45, 2.75) is 19.8 Å². The zero-order valence-corrected chi connectivity index (χ0v) is 20.6. The van der Waals surface area contributed by atoms with Crippen LogP contribution in [0, 0.1) is 18.7 Å². The Hall–Kier alpha value is -3.92. The van der Waals surface area contributed by atoms with Crippen molar-refractivity contribution in [2.75, 3.05) is 44.1 Å². The van der Waals surface area contributed by atoms with Crippen molar-refractivity contribution in [2.24, 2.45) is 5.92 Å². The number of carbonyl (C=O) groups is 1. The van der Waals surface area contributed by atoms with E-state index in [0.29, 0.717) is 29.6 Å². The molecule has 1 saturated heterocycles. The molecule has 1 aliphatic rings. The van der Waals surface area contributed by atoms with E-state index >= 15 is 0 Å². The highest BCUT2D eigenvalue weighted by atomic mass is 19.1. The molecule has 1 unspecified atom stereocenters. The summed E-state index contributed by atoms with van der Waals surface area (Å²) in [6.07, 6.45) is 2.38. The number of aryl methyl sites for hydroxylation is 1. The number of hydrogen-bond donors (Lipinski definition) is 2. The van der Waals surface area contributed by atoms with E-state index in [1.54, 1.807) is 30.3 Å². The molecule has 9 nitrogen and oxygen atoms in total. The maximum atomic E-state index is 14.7. The Bertz CT molecular complexity index is 1220. The van der Waals surface area contributed by atoms with Crippen molar-refractivity contribution in [3.63, 3.8) is 0 Å². The average molecular weight is 496 g/mol. The number of nitrogens with zero attached hydrogens (tertiary/aromatic N) is 4. The van der Waals surface area contributed by atoms with E-state index in [4.69, 9.17) is 9.47 Å². The second kappa shape index (κ2) is 11.2. The number of nitrogens with one attached hydrogen (secondary N) is 1. The van der Waals surface area contributed by atoms with Gasteiger partial charge in [-0.25, -0.2) is 19.1 Å². The lowest BCUT2D eigenvalue weighted by molar-refractivity contribution is 0.147. The van der Waals surface area contributed by atoms with E-state index in [9.17, 15) is 14.3 Å². The number of hydrogen-bond acceptors (Lipinski definition) is 7. The summed E-state index contributed by atoms with van der Waals surface area (Å²) in [5.41, 5.74) is 1.65. The van der Waals surface area contributed by atoms with E-state index in [2.05, 4.69) is 27.2 Å². The Morgan fingerprint density at radius 2 is 2.08 bits per heavy atom. The standard InChI is InChI=1S/C26H30FN5O4/c1-17-6-8-21(23(13-17)35-3)32(26(33)34)24-10-11-28-25(30-24)29-19-7-9-22(20(27)14-19)36-16-18-5-4-12-31(2)15-18/h6-11,13-14,18H,4-5,12,15-16H2,1-3H3,(H,33,34)(H,28,29,30). The van der Waals surface area contributed by atoms with Crippen LogP contribution in [-0.2, 0) is 0 Å². The third-order valence-electron chi connectivity index (χ3n) is 6.02. The Labute approximate surface area is 209 Å². The van der Waals surface area contributed by atoms with Gasteiger partial charge in [-0.2, -0.15) is 4.98 Å². The van der Waals surface area contributed by atoms with Gasteiger partial charge >= 0.3 is 6.09 Å². The second-order valence-electron chi connectivity index (χ2n) is 8.88. The number of benzene rings is 2. The van der Waals surface area contributed by atoms with E-state index in [0.717, 1.165) is 36.4 Å². The van der Waals surface area contributed by atoms with E-state index in [-0.39, 0.29) is 17.5 Å². The van der Waals surface area contributed by atoms with Gasteiger partial charge in [0.2, 0.25) is 5.95 Å². The smallest absolute Gasteiger partial charge is 0.417 e. The molecule has 1 aliphatic heterocycles. The molecule has 1 aromatic heterocycles. The first-order chi connectivity index (χ1) is 17.3. The lowest BCUT2D eigenvalue weighted by Gasteiger charge is -2.29. The first kappa shape index (κ1) is 25.2. The molecule has 0 bridgehead atoms. The molecule has 1 amide bonds. The summed E-state index contributed by atoms with van der Waals surface area (Å²) in [6, 6.07) is 11.2. The number of piperidine rings is 1. The molecule has 2 heterocycles. The van der Waals surface area contributed by atoms with Gasteiger partial charge in [0.05, 0.1) is 19.4 Å². The number of aromatic nitrogens is 2. The Morgan fingerprint density at radius 3 is 2.81 bits per heavy atom. The fourth-order valence-corrected chi connectivity index (χ4v) is 4.27. The molecule has 2 aromatic carbocycles. The molecule has 0 spiro atoms. The molecule has 0 radical (unpaired) electrons. The molecular weight excluding hydrogens is 465 g/mol. The van der Waals surface area contributed by atoms with Crippen LogP contribution in [-0.4, -0.2) is 59.9 Å². The number of rotatable bonds is 8. The third-order valence-corrected chi connectivity index (χ3v) is 6.02. The molecule has 1 atom stereocenters. The first-order valence-corrected chi connectivity index (χ1v) is 11.7. The average Bonchev–Trinajstić information content (AvgIpc) is 2.84. The Kier molecular flexibility index (Phi) is 7.84. The largest absolute Gasteiger partial charge is 0.495 e. The number of likely N-dealkylation sites (tertiary alicyclic amines) is 1. The third kappa shape index (κ3) is 6.01. The van der Waals surface area contributed by atoms with Gasteiger partial charge in [-0.3, -0.25) is 0 Å². The molecule has 4 rings (SSSR count). The van der Waals surface area contributed by atoms with Crippen molar-refractivity contribution in [1.82, 2.24) is 14.9 Å². The maximum Gasteiger partial charge on any atom is 0.417 e. The van der Waals surface area contributed by atoms with Gasteiger partial charge < -0.3 is 24.8 Å².